The normalized spacial score (nSPS) is 27.2. The second kappa shape index (κ2) is 12.8. The number of methoxy groups -OCH3 is 1. The predicted octanol–water partition coefficient (Wildman–Crippen LogP) is 2.27. The van der Waals surface area contributed by atoms with Crippen molar-refractivity contribution >= 4 is 5.97 Å². The number of carbonyl (C=O) groups excluding carboxylic acids is 1. The molecule has 0 saturated carbocycles. The third-order valence-electron chi connectivity index (χ3n) is 6.20. The molecule has 0 radical (unpaired) electrons. The lowest BCUT2D eigenvalue weighted by Crippen LogP contribution is -2.44. The van der Waals surface area contributed by atoms with E-state index in [2.05, 4.69) is 6.58 Å². The van der Waals surface area contributed by atoms with Crippen molar-refractivity contribution in [2.75, 3.05) is 26.9 Å². The van der Waals surface area contributed by atoms with Gasteiger partial charge in [0.1, 0.15) is 0 Å². The summed E-state index contributed by atoms with van der Waals surface area (Å²) in [7, 11) is 1.28. The van der Waals surface area contributed by atoms with Crippen molar-refractivity contribution in [2.24, 2.45) is 11.8 Å². The maximum atomic E-state index is 12.5. The van der Waals surface area contributed by atoms with E-state index in [0.717, 1.165) is 5.56 Å². The van der Waals surface area contributed by atoms with Crippen LogP contribution in [0, 0.1) is 11.8 Å². The standard InChI is InChI=1S/C26H34O10/c1-4-19-20(9-15(2)33-8-7-16-5-6-22(29)23(30)10-16)21(24(31)32-3)14-35-26(19)36-25-17(12-27)11-18(28)13-34-25/h4-6,10,14,17-18,20,25-30H,2,7-9,11-13H2,1,3H3/b19-4-. The third kappa shape index (κ3) is 6.79. The molecule has 10 nitrogen and oxygen atoms in total. The number of aliphatic hydroxyl groups is 2. The molecule has 0 amide bonds. The van der Waals surface area contributed by atoms with Crippen LogP contribution in [0.4, 0.5) is 0 Å². The van der Waals surface area contributed by atoms with Gasteiger partial charge < -0.3 is 44.1 Å². The second-order valence-corrected chi connectivity index (χ2v) is 8.71. The van der Waals surface area contributed by atoms with E-state index in [0.29, 0.717) is 24.2 Å². The van der Waals surface area contributed by atoms with Gasteiger partial charge in [0.2, 0.25) is 6.29 Å². The number of hydrogen-bond acceptors (Lipinski definition) is 10. The topological polar surface area (TPSA) is 144 Å². The smallest absolute Gasteiger partial charge is 0.337 e. The van der Waals surface area contributed by atoms with Gasteiger partial charge in [-0.1, -0.05) is 18.7 Å². The first kappa shape index (κ1) is 27.5. The Balaban J connectivity index is 1.68. The highest BCUT2D eigenvalue weighted by Gasteiger charge is 2.40. The molecule has 4 N–H and O–H groups in total. The minimum Gasteiger partial charge on any atom is -0.504 e. The van der Waals surface area contributed by atoms with Crippen LogP contribution in [-0.4, -0.2) is 72.0 Å². The van der Waals surface area contributed by atoms with E-state index in [4.69, 9.17) is 23.7 Å². The molecule has 1 fully saturated rings. The lowest BCUT2D eigenvalue weighted by atomic mass is 9.85. The SMILES string of the molecule is C=C(CC1C(C(=O)OC)=COC(OC2OCC(O)CC2CO)/C1=C\C)OCCc1ccc(O)c(O)c1. The van der Waals surface area contributed by atoms with Crippen molar-refractivity contribution in [1.29, 1.82) is 0 Å². The zero-order valence-corrected chi connectivity index (χ0v) is 20.5. The first-order valence-electron chi connectivity index (χ1n) is 11.7. The van der Waals surface area contributed by atoms with Gasteiger partial charge in [0.15, 0.2) is 17.8 Å². The molecule has 0 aliphatic carbocycles. The molecule has 2 heterocycles. The average Bonchev–Trinajstić information content (AvgIpc) is 2.86. The Morgan fingerprint density at radius 2 is 2.06 bits per heavy atom. The maximum absolute atomic E-state index is 12.5. The van der Waals surface area contributed by atoms with Gasteiger partial charge >= 0.3 is 5.97 Å². The van der Waals surface area contributed by atoms with Gasteiger partial charge in [0.05, 0.1) is 50.6 Å². The minimum absolute atomic E-state index is 0.0786. The third-order valence-corrected chi connectivity index (χ3v) is 6.20. The summed E-state index contributed by atoms with van der Waals surface area (Å²) in [5, 5.41) is 38.6. The Morgan fingerprint density at radius 3 is 2.72 bits per heavy atom. The van der Waals surface area contributed by atoms with Crippen LogP contribution in [0.3, 0.4) is 0 Å². The number of phenols is 2. The molecule has 1 aromatic rings. The van der Waals surface area contributed by atoms with Gasteiger partial charge in [0, 0.05) is 30.3 Å². The summed E-state index contributed by atoms with van der Waals surface area (Å²) in [4.78, 5) is 12.5. The lowest BCUT2D eigenvalue weighted by molar-refractivity contribution is -0.271. The van der Waals surface area contributed by atoms with E-state index >= 15 is 0 Å². The van der Waals surface area contributed by atoms with Gasteiger partial charge in [-0.05, 0) is 31.0 Å². The van der Waals surface area contributed by atoms with Crippen molar-refractivity contribution in [3.05, 3.63) is 59.6 Å². The Labute approximate surface area is 210 Å². The quantitative estimate of drug-likeness (QED) is 0.161. The molecule has 10 heteroatoms. The predicted molar refractivity (Wildman–Crippen MR) is 127 cm³/mol. The highest BCUT2D eigenvalue weighted by Crippen LogP contribution is 2.37. The van der Waals surface area contributed by atoms with E-state index in [-0.39, 0.29) is 43.3 Å². The monoisotopic (exact) mass is 506 g/mol. The van der Waals surface area contributed by atoms with Gasteiger partial charge in [-0.3, -0.25) is 0 Å². The van der Waals surface area contributed by atoms with Crippen molar-refractivity contribution in [3.8, 4) is 11.5 Å². The number of aliphatic hydroxyl groups excluding tert-OH is 2. The van der Waals surface area contributed by atoms with Gasteiger partial charge in [-0.2, -0.15) is 0 Å². The lowest BCUT2D eigenvalue weighted by Gasteiger charge is -2.38. The first-order valence-corrected chi connectivity index (χ1v) is 11.7. The number of carbonyl (C=O) groups is 1. The van der Waals surface area contributed by atoms with Crippen molar-refractivity contribution in [2.45, 2.75) is 44.9 Å². The molecule has 1 saturated heterocycles. The van der Waals surface area contributed by atoms with E-state index in [1.165, 1.54) is 25.5 Å². The summed E-state index contributed by atoms with van der Waals surface area (Å²) in [6.07, 6.45) is 1.75. The number of allylic oxidation sites excluding steroid dienone is 2. The van der Waals surface area contributed by atoms with Crippen LogP contribution in [-0.2, 0) is 34.9 Å². The molecule has 36 heavy (non-hydrogen) atoms. The number of esters is 1. The van der Waals surface area contributed by atoms with Crippen LogP contribution in [0.25, 0.3) is 0 Å². The van der Waals surface area contributed by atoms with Crippen LogP contribution < -0.4 is 0 Å². The molecule has 198 valence electrons. The fourth-order valence-corrected chi connectivity index (χ4v) is 4.25. The zero-order valence-electron chi connectivity index (χ0n) is 20.5. The molecule has 5 unspecified atom stereocenters. The highest BCUT2D eigenvalue weighted by atomic mass is 16.8. The molecule has 0 bridgehead atoms. The molecule has 1 aromatic carbocycles. The maximum Gasteiger partial charge on any atom is 0.337 e. The molecule has 0 spiro atoms. The summed E-state index contributed by atoms with van der Waals surface area (Å²) >= 11 is 0. The van der Waals surface area contributed by atoms with E-state index in [1.54, 1.807) is 19.1 Å². The molecule has 5 atom stereocenters. The van der Waals surface area contributed by atoms with Crippen LogP contribution in [0.5, 0.6) is 11.5 Å². The minimum atomic E-state index is -0.893. The number of phenolic OH excluding ortho intramolecular Hbond substituents is 2. The summed E-state index contributed by atoms with van der Waals surface area (Å²) in [6, 6.07) is 4.55. The van der Waals surface area contributed by atoms with Crippen LogP contribution >= 0.6 is 0 Å². The van der Waals surface area contributed by atoms with Gasteiger partial charge in [0.25, 0.3) is 0 Å². The van der Waals surface area contributed by atoms with E-state index < -0.39 is 36.5 Å². The second-order valence-electron chi connectivity index (χ2n) is 8.71. The molecular weight excluding hydrogens is 472 g/mol. The number of ether oxygens (including phenoxy) is 5. The molecule has 3 rings (SSSR count). The first-order chi connectivity index (χ1) is 17.3. The number of hydrogen-bond donors (Lipinski definition) is 4. The highest BCUT2D eigenvalue weighted by molar-refractivity contribution is 5.89. The number of benzene rings is 1. The molecule has 2 aliphatic rings. The number of aromatic hydroxyl groups is 2. The molecule has 0 aromatic heterocycles. The van der Waals surface area contributed by atoms with E-state index in [9.17, 15) is 25.2 Å². The molecule has 2 aliphatic heterocycles. The van der Waals surface area contributed by atoms with Gasteiger partial charge in [-0.25, -0.2) is 4.79 Å². The fourth-order valence-electron chi connectivity index (χ4n) is 4.25. The molecular formula is C26H34O10. The van der Waals surface area contributed by atoms with Crippen LogP contribution in [0.2, 0.25) is 0 Å². The Morgan fingerprint density at radius 1 is 1.28 bits per heavy atom. The van der Waals surface area contributed by atoms with Crippen LogP contribution in [0.15, 0.2) is 54.0 Å². The largest absolute Gasteiger partial charge is 0.504 e. The van der Waals surface area contributed by atoms with Gasteiger partial charge in [-0.15, -0.1) is 0 Å². The van der Waals surface area contributed by atoms with E-state index in [1.807, 2.05) is 0 Å². The van der Waals surface area contributed by atoms with Crippen LogP contribution in [0.1, 0.15) is 25.3 Å². The summed E-state index contributed by atoms with van der Waals surface area (Å²) < 4.78 is 28.1. The number of rotatable bonds is 10. The van der Waals surface area contributed by atoms with Crippen molar-refractivity contribution in [3.63, 3.8) is 0 Å². The zero-order chi connectivity index (χ0) is 26.2. The summed E-state index contributed by atoms with van der Waals surface area (Å²) in [5.41, 5.74) is 1.69. The Hall–Kier alpha value is -3.05. The average molecular weight is 507 g/mol. The van der Waals surface area contributed by atoms with Crippen molar-refractivity contribution < 1.29 is 48.9 Å². The Bertz CT molecular complexity index is 985. The van der Waals surface area contributed by atoms with Crippen molar-refractivity contribution in [1.82, 2.24) is 0 Å². The Kier molecular flexibility index (Phi) is 9.77. The fraction of sp³-hybridized carbons (Fsp3) is 0.500. The summed E-state index contributed by atoms with van der Waals surface area (Å²) in [5.74, 6) is -1.48. The summed E-state index contributed by atoms with van der Waals surface area (Å²) in [6.45, 7) is 5.90.